The highest BCUT2D eigenvalue weighted by Gasteiger charge is 2.34. The molecule has 1 aliphatic rings. The smallest absolute Gasteiger partial charge is 0.291 e. The van der Waals surface area contributed by atoms with Gasteiger partial charge in [-0.15, -0.1) is 5.10 Å². The standard InChI is InChI=1S/C27H20N4O3S/c1-16-7-9-17(10-8-16)15-30-21-6-4-3-5-20(21)22(25(30)32)23-26(33)31-27(35-23)28-24(29-31)18-11-13-19(34-2)14-12-18/h3-14H,15H2,1-2H3. The van der Waals surface area contributed by atoms with Gasteiger partial charge in [0.2, 0.25) is 4.96 Å². The lowest BCUT2D eigenvalue weighted by Gasteiger charge is -2.17. The van der Waals surface area contributed by atoms with Crippen LogP contribution >= 0.6 is 11.3 Å². The molecule has 172 valence electrons. The molecule has 1 amide bonds. The van der Waals surface area contributed by atoms with Gasteiger partial charge in [0, 0.05) is 11.1 Å². The number of ether oxygens (including phenoxy) is 1. The lowest BCUT2D eigenvalue weighted by atomic mass is 10.1. The van der Waals surface area contributed by atoms with Crippen molar-refractivity contribution in [2.24, 2.45) is 0 Å². The molecule has 0 bridgehead atoms. The molecule has 0 atom stereocenters. The third kappa shape index (κ3) is 3.50. The van der Waals surface area contributed by atoms with Crippen molar-refractivity contribution in [1.82, 2.24) is 14.6 Å². The average Bonchev–Trinajstić information content (AvgIpc) is 3.51. The molecular formula is C27H20N4O3S. The van der Waals surface area contributed by atoms with E-state index in [-0.39, 0.29) is 11.5 Å². The summed E-state index contributed by atoms with van der Waals surface area (Å²) in [5.74, 6) is 0.988. The van der Waals surface area contributed by atoms with Gasteiger partial charge in [0.25, 0.3) is 11.5 Å². The molecule has 35 heavy (non-hydrogen) atoms. The van der Waals surface area contributed by atoms with E-state index in [2.05, 4.69) is 10.1 Å². The van der Waals surface area contributed by atoms with Crippen LogP contribution in [0, 0.1) is 6.92 Å². The summed E-state index contributed by atoms with van der Waals surface area (Å²) in [6, 6.07) is 23.0. The van der Waals surface area contributed by atoms with Gasteiger partial charge in [-0.1, -0.05) is 59.4 Å². The first-order chi connectivity index (χ1) is 17.0. The molecular weight excluding hydrogens is 460 g/mol. The minimum atomic E-state index is -0.340. The summed E-state index contributed by atoms with van der Waals surface area (Å²) in [5.41, 5.74) is 4.57. The number of amides is 1. The third-order valence-corrected chi connectivity index (χ3v) is 7.15. The van der Waals surface area contributed by atoms with E-state index < -0.39 is 0 Å². The monoisotopic (exact) mass is 480 g/mol. The molecule has 2 aromatic heterocycles. The Morgan fingerprint density at radius 2 is 1.69 bits per heavy atom. The highest BCUT2D eigenvalue weighted by atomic mass is 32.1. The topological polar surface area (TPSA) is 76.8 Å². The van der Waals surface area contributed by atoms with Crippen LogP contribution < -0.4 is 19.7 Å². The highest BCUT2D eigenvalue weighted by molar-refractivity contribution is 7.15. The van der Waals surface area contributed by atoms with Crippen LogP contribution in [-0.2, 0) is 11.3 Å². The predicted octanol–water partition coefficient (Wildman–Crippen LogP) is 3.60. The number of thiazole rings is 1. The van der Waals surface area contributed by atoms with Crippen molar-refractivity contribution in [1.29, 1.82) is 0 Å². The number of rotatable bonds is 4. The van der Waals surface area contributed by atoms with Crippen molar-refractivity contribution < 1.29 is 9.53 Å². The number of hydrogen-bond donors (Lipinski definition) is 0. The summed E-state index contributed by atoms with van der Waals surface area (Å²) in [6.45, 7) is 2.46. The quantitative estimate of drug-likeness (QED) is 0.393. The number of carbonyl (C=O) groups excluding carboxylic acids is 1. The van der Waals surface area contributed by atoms with Gasteiger partial charge >= 0.3 is 0 Å². The van der Waals surface area contributed by atoms with Crippen molar-refractivity contribution in [2.75, 3.05) is 12.0 Å². The first-order valence-corrected chi connectivity index (χ1v) is 11.9. The number of benzene rings is 3. The number of para-hydroxylation sites is 1. The van der Waals surface area contributed by atoms with E-state index in [9.17, 15) is 9.59 Å². The van der Waals surface area contributed by atoms with E-state index in [0.717, 1.165) is 33.7 Å². The largest absolute Gasteiger partial charge is 0.497 e. The maximum absolute atomic E-state index is 13.6. The van der Waals surface area contributed by atoms with E-state index in [1.54, 1.807) is 12.0 Å². The minimum absolute atomic E-state index is 0.191. The van der Waals surface area contributed by atoms with Crippen LogP contribution in [0.1, 0.15) is 16.7 Å². The third-order valence-electron chi connectivity index (χ3n) is 6.12. The van der Waals surface area contributed by atoms with Crippen LogP contribution in [0.25, 0.3) is 21.9 Å². The second-order valence-corrected chi connectivity index (χ2v) is 9.34. The number of nitrogens with zero attached hydrogens (tertiary/aromatic N) is 4. The molecule has 0 saturated carbocycles. The van der Waals surface area contributed by atoms with Gasteiger partial charge in [0.1, 0.15) is 10.3 Å². The van der Waals surface area contributed by atoms with Gasteiger partial charge in [-0.25, -0.2) is 0 Å². The van der Waals surface area contributed by atoms with E-state index in [1.807, 2.05) is 79.7 Å². The van der Waals surface area contributed by atoms with E-state index in [4.69, 9.17) is 4.74 Å². The second kappa shape index (κ2) is 8.18. The summed E-state index contributed by atoms with van der Waals surface area (Å²) in [7, 11) is 1.60. The molecule has 3 aromatic carbocycles. The average molecular weight is 481 g/mol. The molecule has 3 heterocycles. The Balaban J connectivity index is 1.46. The number of carbonyl (C=O) groups is 1. The molecule has 0 N–H and O–H groups in total. The lowest BCUT2D eigenvalue weighted by molar-refractivity contribution is -0.113. The van der Waals surface area contributed by atoms with E-state index in [0.29, 0.717) is 27.4 Å². The first-order valence-electron chi connectivity index (χ1n) is 11.1. The number of methoxy groups -OCH3 is 1. The zero-order chi connectivity index (χ0) is 24.1. The number of anilines is 1. The van der Waals surface area contributed by atoms with Gasteiger partial charge in [0.15, 0.2) is 5.82 Å². The van der Waals surface area contributed by atoms with Gasteiger partial charge in [-0.2, -0.15) is 9.50 Å². The Hall–Kier alpha value is -4.30. The van der Waals surface area contributed by atoms with Crippen LogP contribution in [0.2, 0.25) is 0 Å². The number of fused-ring (bicyclic) bond motifs is 2. The normalized spacial score (nSPS) is 14.6. The highest BCUT2D eigenvalue weighted by Crippen LogP contribution is 2.36. The van der Waals surface area contributed by atoms with Gasteiger partial charge in [-0.05, 0) is 42.8 Å². The number of aromatic nitrogens is 3. The zero-order valence-electron chi connectivity index (χ0n) is 19.1. The summed E-state index contributed by atoms with van der Waals surface area (Å²) in [5, 5.41) is 4.43. The van der Waals surface area contributed by atoms with Gasteiger partial charge in [-0.3, -0.25) is 9.59 Å². The maximum Gasteiger partial charge on any atom is 0.291 e. The fourth-order valence-electron chi connectivity index (χ4n) is 4.28. The van der Waals surface area contributed by atoms with Crippen LogP contribution in [0.15, 0.2) is 77.6 Å². The summed E-state index contributed by atoms with van der Waals surface area (Å²) in [4.78, 5) is 33.7. The SMILES string of the molecule is COc1ccc(-c2nc3sc(=C4C(=O)N(Cc5ccc(C)cc5)c5ccccc54)c(=O)n3n2)cc1. The Morgan fingerprint density at radius 1 is 0.943 bits per heavy atom. The molecule has 8 heteroatoms. The molecule has 7 nitrogen and oxygen atoms in total. The molecule has 0 aliphatic carbocycles. The van der Waals surface area contributed by atoms with Gasteiger partial charge < -0.3 is 9.64 Å². The first kappa shape index (κ1) is 21.2. The molecule has 0 saturated heterocycles. The van der Waals surface area contributed by atoms with E-state index in [1.165, 1.54) is 15.9 Å². The Labute approximate surface area is 204 Å². The molecule has 0 spiro atoms. The van der Waals surface area contributed by atoms with Crippen LogP contribution in [0.4, 0.5) is 5.69 Å². The Morgan fingerprint density at radius 3 is 2.40 bits per heavy atom. The zero-order valence-corrected chi connectivity index (χ0v) is 19.9. The lowest BCUT2D eigenvalue weighted by Crippen LogP contribution is -2.32. The van der Waals surface area contributed by atoms with Crippen molar-refractivity contribution in [3.8, 4) is 17.1 Å². The summed E-state index contributed by atoms with van der Waals surface area (Å²) in [6.07, 6.45) is 0. The van der Waals surface area contributed by atoms with Crippen molar-refractivity contribution >= 4 is 33.5 Å². The second-order valence-electron chi connectivity index (χ2n) is 8.36. The van der Waals surface area contributed by atoms with Crippen LogP contribution in [0.3, 0.4) is 0 Å². The molecule has 0 unspecified atom stereocenters. The fraction of sp³-hybridized carbons (Fsp3) is 0.111. The van der Waals surface area contributed by atoms with Crippen molar-refractivity contribution in [3.05, 3.63) is 104 Å². The predicted molar refractivity (Wildman–Crippen MR) is 136 cm³/mol. The molecule has 5 aromatic rings. The summed E-state index contributed by atoms with van der Waals surface area (Å²) >= 11 is 1.19. The molecule has 0 fully saturated rings. The number of aryl methyl sites for hydroxylation is 1. The summed E-state index contributed by atoms with van der Waals surface area (Å²) < 4.78 is 6.83. The van der Waals surface area contributed by atoms with Crippen molar-refractivity contribution in [3.63, 3.8) is 0 Å². The molecule has 6 rings (SSSR count). The minimum Gasteiger partial charge on any atom is -0.497 e. The molecule has 0 radical (unpaired) electrons. The van der Waals surface area contributed by atoms with Crippen LogP contribution in [-0.4, -0.2) is 27.6 Å². The molecule has 1 aliphatic heterocycles. The van der Waals surface area contributed by atoms with E-state index >= 15 is 0 Å². The maximum atomic E-state index is 13.6. The Bertz CT molecular complexity index is 1700. The number of hydrogen-bond acceptors (Lipinski definition) is 6. The van der Waals surface area contributed by atoms with Crippen LogP contribution in [0.5, 0.6) is 5.75 Å². The van der Waals surface area contributed by atoms with Crippen molar-refractivity contribution in [2.45, 2.75) is 13.5 Å². The Kier molecular flexibility index (Phi) is 4.96. The fourth-order valence-corrected chi connectivity index (χ4v) is 5.28. The van der Waals surface area contributed by atoms with Gasteiger partial charge in [0.05, 0.1) is 24.9 Å².